The number of rotatable bonds is 3. The van der Waals surface area contributed by atoms with Crippen LogP contribution in [0.4, 0.5) is 5.69 Å². The van der Waals surface area contributed by atoms with E-state index in [9.17, 15) is 9.59 Å². The fraction of sp³-hybridized carbons (Fsp3) is 0.118. The van der Waals surface area contributed by atoms with Gasteiger partial charge in [0.1, 0.15) is 0 Å². The molecule has 0 unspecified atom stereocenters. The predicted octanol–water partition coefficient (Wildman–Crippen LogP) is 2.89. The van der Waals surface area contributed by atoms with Crippen molar-refractivity contribution in [3.8, 4) is 0 Å². The van der Waals surface area contributed by atoms with Crippen LogP contribution in [0.2, 0.25) is 0 Å². The van der Waals surface area contributed by atoms with Crippen LogP contribution >= 0.6 is 11.3 Å². The zero-order valence-electron chi connectivity index (χ0n) is 12.5. The maximum absolute atomic E-state index is 12.2. The molecule has 5 nitrogen and oxygen atoms in total. The summed E-state index contributed by atoms with van der Waals surface area (Å²) >= 11 is 1.56. The average Bonchev–Trinajstić information content (AvgIpc) is 3.07. The lowest BCUT2D eigenvalue weighted by Crippen LogP contribution is -2.36. The first kappa shape index (κ1) is 15.2. The first-order chi connectivity index (χ1) is 11.1. The predicted molar refractivity (Wildman–Crippen MR) is 91.2 cm³/mol. The molecule has 0 saturated carbocycles. The van der Waals surface area contributed by atoms with Gasteiger partial charge in [0.05, 0.1) is 11.2 Å². The van der Waals surface area contributed by atoms with Crippen LogP contribution in [-0.4, -0.2) is 28.7 Å². The van der Waals surface area contributed by atoms with Crippen LogP contribution < -0.4 is 5.32 Å². The number of hydrogen-bond acceptors (Lipinski definition) is 4. The fourth-order valence-corrected chi connectivity index (χ4v) is 2.94. The van der Waals surface area contributed by atoms with Crippen molar-refractivity contribution in [2.75, 3.05) is 12.4 Å². The number of aromatic nitrogens is 1. The zero-order valence-corrected chi connectivity index (χ0v) is 13.3. The van der Waals surface area contributed by atoms with Crippen molar-refractivity contribution < 1.29 is 9.59 Å². The van der Waals surface area contributed by atoms with Gasteiger partial charge in [0.25, 0.3) is 0 Å². The molecular formula is C17H15N3O2S. The molecule has 2 amide bonds. The van der Waals surface area contributed by atoms with Gasteiger partial charge < -0.3 is 10.2 Å². The highest BCUT2D eigenvalue weighted by Crippen LogP contribution is 2.20. The molecule has 2 aromatic heterocycles. The maximum Gasteiger partial charge on any atom is 0.313 e. The van der Waals surface area contributed by atoms with E-state index in [0.29, 0.717) is 17.7 Å². The third-order valence-electron chi connectivity index (χ3n) is 3.42. The molecule has 3 rings (SSSR count). The van der Waals surface area contributed by atoms with Crippen molar-refractivity contribution in [2.24, 2.45) is 0 Å². The van der Waals surface area contributed by atoms with Gasteiger partial charge in [-0.15, -0.1) is 0 Å². The largest absolute Gasteiger partial charge is 0.333 e. The summed E-state index contributed by atoms with van der Waals surface area (Å²) < 4.78 is 0. The highest BCUT2D eigenvalue weighted by Gasteiger charge is 2.20. The van der Waals surface area contributed by atoms with Crippen LogP contribution in [0, 0.1) is 0 Å². The minimum absolute atomic E-state index is 0.406. The number of thiophene rings is 1. The lowest BCUT2D eigenvalue weighted by atomic mass is 10.2. The summed E-state index contributed by atoms with van der Waals surface area (Å²) in [5.41, 5.74) is 2.20. The Balaban J connectivity index is 1.74. The van der Waals surface area contributed by atoms with Gasteiger partial charge in [-0.3, -0.25) is 14.6 Å². The second-order valence-corrected chi connectivity index (χ2v) is 5.91. The monoisotopic (exact) mass is 325 g/mol. The Kier molecular flexibility index (Phi) is 4.34. The summed E-state index contributed by atoms with van der Waals surface area (Å²) in [6.07, 6.45) is 1.66. The standard InChI is InChI=1S/C17H15N3O2S/c1-20(10-12-7-9-23-11-12)17(22)16(21)19-14-6-2-4-13-5-3-8-18-15(13)14/h2-9,11H,10H2,1H3,(H,19,21). The third kappa shape index (κ3) is 3.37. The van der Waals surface area contributed by atoms with E-state index in [1.54, 1.807) is 30.6 Å². The number of nitrogens with one attached hydrogen (secondary N) is 1. The number of carbonyl (C=O) groups excluding carboxylic acids is 2. The number of fused-ring (bicyclic) bond motifs is 1. The van der Waals surface area contributed by atoms with Crippen LogP contribution in [0.1, 0.15) is 5.56 Å². The molecular weight excluding hydrogens is 310 g/mol. The van der Waals surface area contributed by atoms with Crippen LogP contribution in [0.25, 0.3) is 10.9 Å². The molecule has 0 radical (unpaired) electrons. The second-order valence-electron chi connectivity index (χ2n) is 5.13. The molecule has 0 bridgehead atoms. The van der Waals surface area contributed by atoms with E-state index in [1.165, 1.54) is 4.90 Å². The summed E-state index contributed by atoms with van der Waals surface area (Å²) in [6, 6.07) is 11.1. The fourth-order valence-electron chi connectivity index (χ4n) is 2.28. The highest BCUT2D eigenvalue weighted by atomic mass is 32.1. The number of benzene rings is 1. The number of anilines is 1. The van der Waals surface area contributed by atoms with Crippen molar-refractivity contribution in [1.29, 1.82) is 0 Å². The summed E-state index contributed by atoms with van der Waals surface area (Å²) in [4.78, 5) is 30.1. The smallest absolute Gasteiger partial charge is 0.313 e. The van der Waals surface area contributed by atoms with E-state index < -0.39 is 11.8 Å². The number of hydrogen-bond donors (Lipinski definition) is 1. The number of carbonyl (C=O) groups is 2. The molecule has 0 saturated heterocycles. The van der Waals surface area contributed by atoms with E-state index in [-0.39, 0.29) is 0 Å². The van der Waals surface area contributed by atoms with E-state index in [0.717, 1.165) is 10.9 Å². The normalized spacial score (nSPS) is 10.5. The zero-order chi connectivity index (χ0) is 16.2. The first-order valence-electron chi connectivity index (χ1n) is 7.06. The summed E-state index contributed by atoms with van der Waals surface area (Å²) in [6.45, 7) is 0.406. The van der Waals surface area contributed by atoms with E-state index in [1.807, 2.05) is 41.1 Å². The van der Waals surface area contributed by atoms with Crippen LogP contribution in [-0.2, 0) is 16.1 Å². The van der Waals surface area contributed by atoms with Gasteiger partial charge in [-0.1, -0.05) is 18.2 Å². The molecule has 0 atom stereocenters. The quantitative estimate of drug-likeness (QED) is 0.753. The topological polar surface area (TPSA) is 62.3 Å². The van der Waals surface area contributed by atoms with Gasteiger partial charge in [-0.2, -0.15) is 11.3 Å². The Bertz CT molecular complexity index is 841. The number of amides is 2. The third-order valence-corrected chi connectivity index (χ3v) is 4.15. The molecule has 0 fully saturated rings. The molecule has 6 heteroatoms. The van der Waals surface area contributed by atoms with Crippen molar-refractivity contribution in [2.45, 2.75) is 6.54 Å². The van der Waals surface area contributed by atoms with Gasteiger partial charge in [-0.05, 0) is 34.5 Å². The number of nitrogens with zero attached hydrogens (tertiary/aromatic N) is 2. The van der Waals surface area contributed by atoms with Crippen molar-refractivity contribution in [1.82, 2.24) is 9.88 Å². The molecule has 2 heterocycles. The summed E-state index contributed by atoms with van der Waals surface area (Å²) in [5.74, 6) is -1.25. The molecule has 0 aliphatic heterocycles. The van der Waals surface area contributed by atoms with E-state index in [4.69, 9.17) is 0 Å². The second kappa shape index (κ2) is 6.58. The molecule has 0 aliphatic carbocycles. The summed E-state index contributed by atoms with van der Waals surface area (Å²) in [5, 5.41) is 7.46. The maximum atomic E-state index is 12.2. The molecule has 3 aromatic rings. The first-order valence-corrected chi connectivity index (χ1v) is 8.00. The molecule has 1 aromatic carbocycles. The molecule has 116 valence electrons. The number of pyridine rings is 1. The van der Waals surface area contributed by atoms with Gasteiger partial charge in [0, 0.05) is 25.2 Å². The van der Waals surface area contributed by atoms with Crippen LogP contribution in [0.3, 0.4) is 0 Å². The van der Waals surface area contributed by atoms with Gasteiger partial charge >= 0.3 is 11.8 Å². The van der Waals surface area contributed by atoms with Gasteiger partial charge in [0.2, 0.25) is 0 Å². The Morgan fingerprint density at radius 1 is 1.22 bits per heavy atom. The van der Waals surface area contributed by atoms with Crippen molar-refractivity contribution in [3.63, 3.8) is 0 Å². The van der Waals surface area contributed by atoms with Gasteiger partial charge in [-0.25, -0.2) is 0 Å². The number of para-hydroxylation sites is 1. The van der Waals surface area contributed by atoms with Crippen LogP contribution in [0.15, 0.2) is 53.4 Å². The van der Waals surface area contributed by atoms with Crippen molar-refractivity contribution >= 4 is 39.7 Å². The Hall–Kier alpha value is -2.73. The molecule has 23 heavy (non-hydrogen) atoms. The summed E-state index contributed by atoms with van der Waals surface area (Å²) in [7, 11) is 1.61. The van der Waals surface area contributed by atoms with Crippen LogP contribution in [0.5, 0.6) is 0 Å². The lowest BCUT2D eigenvalue weighted by Gasteiger charge is -2.16. The van der Waals surface area contributed by atoms with Crippen molar-refractivity contribution in [3.05, 3.63) is 58.9 Å². The Morgan fingerprint density at radius 2 is 2.04 bits per heavy atom. The highest BCUT2D eigenvalue weighted by molar-refractivity contribution is 7.07. The minimum Gasteiger partial charge on any atom is -0.333 e. The van der Waals surface area contributed by atoms with E-state index in [2.05, 4.69) is 10.3 Å². The minimum atomic E-state index is -0.666. The lowest BCUT2D eigenvalue weighted by molar-refractivity contribution is -0.142. The molecule has 0 spiro atoms. The Labute approximate surface area is 137 Å². The SMILES string of the molecule is CN(Cc1ccsc1)C(=O)C(=O)Nc1cccc2cccnc12. The van der Waals surface area contributed by atoms with E-state index >= 15 is 0 Å². The average molecular weight is 325 g/mol. The number of likely N-dealkylation sites (N-methyl/N-ethyl adjacent to an activating group) is 1. The molecule has 0 aliphatic rings. The Morgan fingerprint density at radius 3 is 2.83 bits per heavy atom. The van der Waals surface area contributed by atoms with Gasteiger partial charge in [0.15, 0.2) is 0 Å². The molecule has 1 N–H and O–H groups in total.